The molecule has 0 unspecified atom stereocenters. The van der Waals surface area contributed by atoms with Crippen LogP contribution in [-0.4, -0.2) is 46.8 Å². The van der Waals surface area contributed by atoms with Crippen molar-refractivity contribution >= 4 is 50.1 Å². The van der Waals surface area contributed by atoms with E-state index < -0.39 is 11.2 Å². The van der Waals surface area contributed by atoms with Gasteiger partial charge >= 0.3 is 5.63 Å². The first-order chi connectivity index (χ1) is 16.4. The van der Waals surface area contributed by atoms with Crippen LogP contribution in [0.2, 0.25) is 5.02 Å². The molecule has 0 atom stereocenters. The van der Waals surface area contributed by atoms with Crippen LogP contribution < -0.4 is 16.1 Å². The number of halogens is 2. The summed E-state index contributed by atoms with van der Waals surface area (Å²) in [4.78, 5) is 41.8. The maximum absolute atomic E-state index is 13.1. The molecule has 0 spiro atoms. The first kappa shape index (κ1) is 22.4. The minimum atomic E-state index is -0.668. The Bertz CT molecular complexity index is 1510. The molecule has 10 heteroatoms. The van der Waals surface area contributed by atoms with Gasteiger partial charge in [0.15, 0.2) is 0 Å². The highest BCUT2D eigenvalue weighted by Gasteiger charge is 2.27. The lowest BCUT2D eigenvalue weighted by atomic mass is 10.1. The molecule has 8 nitrogen and oxygen atoms in total. The molecule has 1 fully saturated rings. The highest BCUT2D eigenvalue weighted by Crippen LogP contribution is 2.24. The Morgan fingerprint density at radius 3 is 2.47 bits per heavy atom. The molecule has 0 radical (unpaired) electrons. The van der Waals surface area contributed by atoms with E-state index in [9.17, 15) is 14.4 Å². The molecule has 0 aliphatic carbocycles. The minimum absolute atomic E-state index is 0.00999. The van der Waals surface area contributed by atoms with E-state index >= 15 is 0 Å². The normalized spacial score (nSPS) is 13.9. The molecule has 1 aliphatic rings. The molecule has 1 saturated heterocycles. The smallest absolute Gasteiger partial charge is 0.349 e. The van der Waals surface area contributed by atoms with Gasteiger partial charge < -0.3 is 14.2 Å². The predicted octanol–water partition coefficient (Wildman–Crippen LogP) is 3.72. The lowest BCUT2D eigenvalue weighted by Gasteiger charge is -2.36. The molecule has 2 aromatic heterocycles. The number of nitrogens with zero attached hydrogens (tertiary/aromatic N) is 4. The van der Waals surface area contributed by atoms with Crippen LogP contribution in [0.5, 0.6) is 0 Å². The Kier molecular flexibility index (Phi) is 5.97. The van der Waals surface area contributed by atoms with Crippen molar-refractivity contribution in [3.63, 3.8) is 0 Å². The average Bonchev–Trinajstić information content (AvgIpc) is 2.86. The fourth-order valence-electron chi connectivity index (χ4n) is 3.96. The lowest BCUT2D eigenvalue weighted by molar-refractivity contribution is 0.0742. The Balaban J connectivity index is 1.34. The summed E-state index contributed by atoms with van der Waals surface area (Å²) in [6.45, 7) is 1.58. The van der Waals surface area contributed by atoms with E-state index in [1.165, 1.54) is 4.68 Å². The number of carbonyl (C=O) groups is 1. The van der Waals surface area contributed by atoms with Gasteiger partial charge in [0.1, 0.15) is 16.2 Å². The second-order valence-electron chi connectivity index (χ2n) is 7.81. The summed E-state index contributed by atoms with van der Waals surface area (Å²) in [5.74, 6) is -0.390. The topological polar surface area (TPSA) is 88.7 Å². The van der Waals surface area contributed by atoms with Crippen LogP contribution in [0, 0.1) is 0 Å². The maximum Gasteiger partial charge on any atom is 0.349 e. The third-order valence-corrected chi connectivity index (χ3v) is 6.58. The fourth-order valence-corrected chi connectivity index (χ4v) is 4.59. The van der Waals surface area contributed by atoms with E-state index in [2.05, 4.69) is 21.0 Å². The van der Waals surface area contributed by atoms with Gasteiger partial charge in [0.25, 0.3) is 11.5 Å². The van der Waals surface area contributed by atoms with Crippen LogP contribution in [-0.2, 0) is 0 Å². The van der Waals surface area contributed by atoms with Gasteiger partial charge in [-0.1, -0.05) is 45.7 Å². The molecule has 172 valence electrons. The van der Waals surface area contributed by atoms with E-state index in [-0.39, 0.29) is 16.5 Å². The first-order valence-electron chi connectivity index (χ1n) is 10.5. The van der Waals surface area contributed by atoms with Crippen LogP contribution in [0.15, 0.2) is 79.3 Å². The number of para-hydroxylation sites is 1. The van der Waals surface area contributed by atoms with Crippen molar-refractivity contribution in [3.8, 4) is 5.69 Å². The molecular formula is C24H18BrClN4O4. The first-order valence-corrected chi connectivity index (χ1v) is 11.7. The van der Waals surface area contributed by atoms with Crippen LogP contribution in [0.3, 0.4) is 0 Å². The van der Waals surface area contributed by atoms with Crippen molar-refractivity contribution in [2.24, 2.45) is 0 Å². The second-order valence-corrected chi connectivity index (χ2v) is 9.10. The summed E-state index contributed by atoms with van der Waals surface area (Å²) in [6.07, 6.45) is 1.56. The predicted molar refractivity (Wildman–Crippen MR) is 133 cm³/mol. The molecule has 1 amide bonds. The molecule has 34 heavy (non-hydrogen) atoms. The Hall–Kier alpha value is -3.43. The van der Waals surface area contributed by atoms with Gasteiger partial charge in [0, 0.05) is 36.0 Å². The molecule has 5 rings (SSSR count). The van der Waals surface area contributed by atoms with Crippen LogP contribution >= 0.6 is 27.5 Å². The number of rotatable bonds is 3. The van der Waals surface area contributed by atoms with Crippen LogP contribution in [0.4, 0.5) is 5.69 Å². The summed E-state index contributed by atoms with van der Waals surface area (Å²) < 4.78 is 7.40. The summed E-state index contributed by atoms with van der Waals surface area (Å²) in [5, 5.41) is 5.00. The van der Waals surface area contributed by atoms with Gasteiger partial charge in [0.05, 0.1) is 17.6 Å². The Morgan fingerprint density at radius 1 is 1.00 bits per heavy atom. The number of fused-ring (bicyclic) bond motifs is 1. The van der Waals surface area contributed by atoms with Crippen LogP contribution in [0.1, 0.15) is 10.4 Å². The SMILES string of the molecule is O=C(c1cc2cc(Br)ccc2oc1=O)N1CCN(c2cnn(-c3ccccc3)c(=O)c2Cl)CC1. The van der Waals surface area contributed by atoms with Crippen molar-refractivity contribution in [1.82, 2.24) is 14.7 Å². The van der Waals surface area contributed by atoms with E-state index in [0.717, 1.165) is 4.47 Å². The number of anilines is 1. The van der Waals surface area contributed by atoms with Gasteiger partial charge in [-0.15, -0.1) is 0 Å². The number of aromatic nitrogens is 2. The highest BCUT2D eigenvalue weighted by atomic mass is 79.9. The zero-order valence-electron chi connectivity index (χ0n) is 17.8. The largest absolute Gasteiger partial charge is 0.422 e. The molecule has 0 N–H and O–H groups in total. The van der Waals surface area contributed by atoms with Crippen molar-refractivity contribution in [2.45, 2.75) is 0 Å². The van der Waals surface area contributed by atoms with E-state index in [4.69, 9.17) is 16.0 Å². The zero-order valence-corrected chi connectivity index (χ0v) is 20.1. The standard InChI is InChI=1S/C24H18BrClN4O4/c25-16-6-7-20-15(12-16)13-18(24(33)34-20)22(31)29-10-8-28(9-11-29)19-14-27-30(23(32)21(19)26)17-4-2-1-3-5-17/h1-7,12-14H,8-11H2. The summed E-state index contributed by atoms with van der Waals surface area (Å²) in [6, 6.07) is 15.8. The number of carbonyl (C=O) groups excluding carboxylic acids is 1. The van der Waals surface area contributed by atoms with Crippen molar-refractivity contribution < 1.29 is 9.21 Å². The van der Waals surface area contributed by atoms with Gasteiger partial charge in [0.2, 0.25) is 0 Å². The summed E-state index contributed by atoms with van der Waals surface area (Å²) >= 11 is 9.80. The average molecular weight is 542 g/mol. The Labute approximate surface area is 207 Å². The summed E-state index contributed by atoms with van der Waals surface area (Å²) in [5.41, 5.74) is 0.465. The molecule has 3 heterocycles. The lowest BCUT2D eigenvalue weighted by Crippen LogP contribution is -2.50. The van der Waals surface area contributed by atoms with E-state index in [0.29, 0.717) is 48.5 Å². The number of piperazine rings is 1. The monoisotopic (exact) mass is 540 g/mol. The zero-order chi connectivity index (χ0) is 23.8. The van der Waals surface area contributed by atoms with Gasteiger partial charge in [-0.2, -0.15) is 9.78 Å². The number of amides is 1. The molecule has 0 saturated carbocycles. The quantitative estimate of drug-likeness (QED) is 0.368. The molecular weight excluding hydrogens is 524 g/mol. The number of hydrogen-bond donors (Lipinski definition) is 0. The molecule has 0 bridgehead atoms. The van der Waals surface area contributed by atoms with Gasteiger partial charge in [-0.25, -0.2) is 4.79 Å². The third kappa shape index (κ3) is 4.12. The van der Waals surface area contributed by atoms with Gasteiger partial charge in [-0.05, 0) is 36.4 Å². The van der Waals surface area contributed by atoms with Crippen molar-refractivity contribution in [2.75, 3.05) is 31.1 Å². The van der Waals surface area contributed by atoms with E-state index in [1.54, 1.807) is 47.5 Å². The highest BCUT2D eigenvalue weighted by molar-refractivity contribution is 9.10. The third-order valence-electron chi connectivity index (χ3n) is 5.73. The van der Waals surface area contributed by atoms with Gasteiger partial charge in [-0.3, -0.25) is 9.59 Å². The maximum atomic E-state index is 13.1. The van der Waals surface area contributed by atoms with Crippen molar-refractivity contribution in [1.29, 1.82) is 0 Å². The Morgan fingerprint density at radius 2 is 1.74 bits per heavy atom. The molecule has 4 aromatic rings. The fraction of sp³-hybridized carbons (Fsp3) is 0.167. The number of benzene rings is 2. The van der Waals surface area contributed by atoms with Crippen LogP contribution in [0.25, 0.3) is 16.7 Å². The van der Waals surface area contributed by atoms with E-state index in [1.807, 2.05) is 23.1 Å². The molecule has 1 aliphatic heterocycles. The minimum Gasteiger partial charge on any atom is -0.422 e. The second kappa shape index (κ2) is 9.08. The molecule has 2 aromatic carbocycles. The summed E-state index contributed by atoms with van der Waals surface area (Å²) in [7, 11) is 0. The number of hydrogen-bond acceptors (Lipinski definition) is 6. The van der Waals surface area contributed by atoms with Crippen molar-refractivity contribution in [3.05, 3.63) is 96.6 Å².